The fraction of sp³-hybridized carbons (Fsp3) is 0.0789. The lowest BCUT2D eigenvalue weighted by molar-refractivity contribution is 1.23. The maximum atomic E-state index is 5.04. The minimum atomic E-state index is 0.0535. The molecule has 0 amide bonds. The Labute approximate surface area is 245 Å². The van der Waals surface area contributed by atoms with Gasteiger partial charge in [-0.05, 0) is 96.4 Å². The first-order valence-electron chi connectivity index (χ1n) is 14.7. The van der Waals surface area contributed by atoms with Crippen LogP contribution in [0, 0.1) is 20.8 Å². The normalized spacial score (nSPS) is 13.0. The molecule has 198 valence electrons. The third kappa shape index (κ3) is 3.04. The standard InChI is InChI=1S/C38H28BN3/c1-23-20-24(2)35(25(3)21-23)26-16-17-32-30(22-26)28-18-19-40-37-29-12-9-15-34-36(29)39(42(32)38(28)37)31-13-7-8-14-33(31)41(34)27-10-5-4-6-11-27/h4-22H,1-3H3. The number of pyridine rings is 1. The molecule has 9 rings (SSSR count). The first-order chi connectivity index (χ1) is 20.6. The molecule has 2 aliphatic heterocycles. The Morgan fingerprint density at radius 2 is 1.43 bits per heavy atom. The summed E-state index contributed by atoms with van der Waals surface area (Å²) in [7, 11) is 0. The predicted octanol–water partition coefficient (Wildman–Crippen LogP) is 8.20. The van der Waals surface area contributed by atoms with Gasteiger partial charge in [0.2, 0.25) is 0 Å². The average molecular weight is 537 g/mol. The van der Waals surface area contributed by atoms with Gasteiger partial charge in [0, 0.05) is 45.1 Å². The van der Waals surface area contributed by atoms with Gasteiger partial charge in [0.1, 0.15) is 0 Å². The monoisotopic (exact) mass is 537 g/mol. The molecule has 2 aliphatic rings. The fourth-order valence-electron chi connectivity index (χ4n) is 7.83. The molecular formula is C38H28BN3. The zero-order valence-corrected chi connectivity index (χ0v) is 23.9. The van der Waals surface area contributed by atoms with E-state index in [1.54, 1.807) is 0 Å². The molecule has 4 heterocycles. The molecule has 0 atom stereocenters. The Hall–Kier alpha value is -5.09. The minimum absolute atomic E-state index is 0.0535. The van der Waals surface area contributed by atoms with Gasteiger partial charge in [0.15, 0.2) is 0 Å². The summed E-state index contributed by atoms with van der Waals surface area (Å²) in [5.74, 6) is 0. The summed E-state index contributed by atoms with van der Waals surface area (Å²) in [4.78, 5) is 7.46. The third-order valence-electron chi connectivity index (χ3n) is 9.27. The topological polar surface area (TPSA) is 21.1 Å². The highest BCUT2D eigenvalue weighted by molar-refractivity contribution is 6.90. The highest BCUT2D eigenvalue weighted by Gasteiger charge is 2.42. The number of benzene rings is 5. The van der Waals surface area contributed by atoms with Crippen molar-refractivity contribution in [3.8, 4) is 22.4 Å². The van der Waals surface area contributed by atoms with Gasteiger partial charge < -0.3 is 9.38 Å². The van der Waals surface area contributed by atoms with Crippen LogP contribution in [0.4, 0.5) is 17.1 Å². The molecule has 0 unspecified atom stereocenters. The molecule has 3 nitrogen and oxygen atoms in total. The average Bonchev–Trinajstić information content (AvgIpc) is 3.33. The van der Waals surface area contributed by atoms with Crippen LogP contribution in [0.15, 0.2) is 115 Å². The molecular weight excluding hydrogens is 509 g/mol. The van der Waals surface area contributed by atoms with E-state index < -0.39 is 0 Å². The van der Waals surface area contributed by atoms with Crippen LogP contribution in [0.3, 0.4) is 0 Å². The van der Waals surface area contributed by atoms with Crippen molar-refractivity contribution in [1.29, 1.82) is 0 Å². The number of rotatable bonds is 2. The van der Waals surface area contributed by atoms with Crippen molar-refractivity contribution in [2.75, 3.05) is 4.90 Å². The van der Waals surface area contributed by atoms with Crippen LogP contribution in [0.5, 0.6) is 0 Å². The summed E-state index contributed by atoms with van der Waals surface area (Å²) in [6.45, 7) is 6.69. The van der Waals surface area contributed by atoms with Crippen LogP contribution in [0.2, 0.25) is 0 Å². The Morgan fingerprint density at radius 3 is 2.26 bits per heavy atom. The lowest BCUT2D eigenvalue weighted by Crippen LogP contribution is -2.56. The number of hydrogen-bond donors (Lipinski definition) is 0. The molecule has 0 spiro atoms. The lowest BCUT2D eigenvalue weighted by Gasteiger charge is -2.40. The Morgan fingerprint density at radius 1 is 0.667 bits per heavy atom. The van der Waals surface area contributed by atoms with Crippen molar-refractivity contribution < 1.29 is 0 Å². The van der Waals surface area contributed by atoms with Gasteiger partial charge in [-0.2, -0.15) is 0 Å². The second kappa shape index (κ2) is 8.47. The summed E-state index contributed by atoms with van der Waals surface area (Å²) >= 11 is 0. The van der Waals surface area contributed by atoms with Crippen LogP contribution in [0.25, 0.3) is 44.2 Å². The molecule has 4 heteroatoms. The first kappa shape index (κ1) is 23.6. The molecule has 7 aromatic rings. The zero-order valence-electron chi connectivity index (χ0n) is 23.9. The molecule has 2 aromatic heterocycles. The largest absolute Gasteiger partial charge is 0.374 e. The number of para-hydroxylation sites is 2. The van der Waals surface area contributed by atoms with Crippen molar-refractivity contribution in [3.05, 3.63) is 132 Å². The summed E-state index contributed by atoms with van der Waals surface area (Å²) in [6.07, 6.45) is 1.99. The van der Waals surface area contributed by atoms with E-state index in [2.05, 4.69) is 139 Å². The number of anilines is 3. The van der Waals surface area contributed by atoms with E-state index in [1.807, 2.05) is 6.20 Å². The summed E-state index contributed by atoms with van der Waals surface area (Å²) < 4.78 is 2.57. The molecule has 42 heavy (non-hydrogen) atoms. The van der Waals surface area contributed by atoms with Gasteiger partial charge >= 0.3 is 6.85 Å². The van der Waals surface area contributed by atoms with Gasteiger partial charge in [-0.3, -0.25) is 4.98 Å². The van der Waals surface area contributed by atoms with Gasteiger partial charge in [-0.25, -0.2) is 0 Å². The van der Waals surface area contributed by atoms with E-state index in [9.17, 15) is 0 Å². The maximum Gasteiger partial charge on any atom is 0.333 e. The summed E-state index contributed by atoms with van der Waals surface area (Å²) in [6, 6.07) is 40.2. The Bertz CT molecular complexity index is 2220. The molecule has 0 bridgehead atoms. The quantitative estimate of drug-likeness (QED) is 0.207. The number of aryl methyl sites for hydroxylation is 3. The van der Waals surface area contributed by atoms with Gasteiger partial charge in [-0.1, -0.05) is 72.3 Å². The molecule has 0 aliphatic carbocycles. The lowest BCUT2D eigenvalue weighted by atomic mass is 9.45. The van der Waals surface area contributed by atoms with Gasteiger partial charge in [-0.15, -0.1) is 0 Å². The summed E-state index contributed by atoms with van der Waals surface area (Å²) in [5, 5.41) is 2.54. The van der Waals surface area contributed by atoms with Crippen LogP contribution < -0.4 is 15.8 Å². The fourth-order valence-corrected chi connectivity index (χ4v) is 7.83. The molecule has 0 N–H and O–H groups in total. The van der Waals surface area contributed by atoms with Gasteiger partial charge in [0.05, 0.1) is 11.2 Å². The van der Waals surface area contributed by atoms with Crippen LogP contribution in [-0.4, -0.2) is 16.3 Å². The van der Waals surface area contributed by atoms with Gasteiger partial charge in [0.25, 0.3) is 0 Å². The molecule has 0 saturated carbocycles. The predicted molar refractivity (Wildman–Crippen MR) is 177 cm³/mol. The smallest absolute Gasteiger partial charge is 0.333 e. The van der Waals surface area contributed by atoms with E-state index in [0.717, 1.165) is 5.69 Å². The van der Waals surface area contributed by atoms with Crippen LogP contribution in [0.1, 0.15) is 16.7 Å². The first-order valence-corrected chi connectivity index (χ1v) is 14.7. The number of nitrogens with zero attached hydrogens (tertiary/aromatic N) is 3. The van der Waals surface area contributed by atoms with Crippen molar-refractivity contribution in [1.82, 2.24) is 9.46 Å². The van der Waals surface area contributed by atoms with Crippen molar-refractivity contribution in [2.24, 2.45) is 0 Å². The third-order valence-corrected chi connectivity index (χ3v) is 9.27. The Balaban J connectivity index is 1.38. The van der Waals surface area contributed by atoms with E-state index in [4.69, 9.17) is 4.98 Å². The molecule has 0 fully saturated rings. The van der Waals surface area contributed by atoms with E-state index in [0.29, 0.717) is 0 Å². The van der Waals surface area contributed by atoms with Crippen molar-refractivity contribution in [2.45, 2.75) is 20.8 Å². The highest BCUT2D eigenvalue weighted by Crippen LogP contribution is 2.44. The zero-order chi connectivity index (χ0) is 28.1. The summed E-state index contributed by atoms with van der Waals surface area (Å²) in [5.41, 5.74) is 17.5. The van der Waals surface area contributed by atoms with Crippen molar-refractivity contribution >= 4 is 56.6 Å². The Kier molecular flexibility index (Phi) is 4.76. The number of fused-ring (bicyclic) bond motifs is 7. The van der Waals surface area contributed by atoms with E-state index in [-0.39, 0.29) is 6.85 Å². The van der Waals surface area contributed by atoms with E-state index in [1.165, 1.54) is 83.2 Å². The minimum Gasteiger partial charge on any atom is -0.374 e. The maximum absolute atomic E-state index is 5.04. The second-order valence-corrected chi connectivity index (χ2v) is 11.8. The number of hydrogen-bond acceptors (Lipinski definition) is 2. The highest BCUT2D eigenvalue weighted by atomic mass is 15.2. The molecule has 5 aromatic carbocycles. The SMILES string of the molecule is Cc1cc(C)c(-c2ccc3c(c2)c2ccnc4c2n3B2c3ccccc3N(c3ccccc3)c3cccc-4c32)c(C)c1. The van der Waals surface area contributed by atoms with Crippen LogP contribution >= 0.6 is 0 Å². The molecule has 0 saturated heterocycles. The second-order valence-electron chi connectivity index (χ2n) is 11.8. The van der Waals surface area contributed by atoms with Crippen molar-refractivity contribution in [3.63, 3.8) is 0 Å². The van der Waals surface area contributed by atoms with E-state index >= 15 is 0 Å². The number of aromatic nitrogens is 2. The molecule has 0 radical (unpaired) electrons. The van der Waals surface area contributed by atoms with Crippen LogP contribution in [-0.2, 0) is 0 Å².